The van der Waals surface area contributed by atoms with Crippen LogP contribution < -0.4 is 5.32 Å². The number of carbonyl (C=O) groups excluding carboxylic acids is 1. The van der Waals surface area contributed by atoms with Crippen LogP contribution in [0.15, 0.2) is 0 Å². The number of amides is 1. The Bertz CT molecular complexity index is 440. The standard InChI is InChI=1S/C15H27NO8/c1-14(2,3)24-13(18)16-11-9(21-7-19-4)10(22-8-20-5)12-15(11,6-17)23-12/h9-12,17H,6-8H2,1-5H3,(H,16,18)/t9-,10-,11-,12-,15+/m1/s1. The van der Waals surface area contributed by atoms with Gasteiger partial charge in [-0.3, -0.25) is 0 Å². The third kappa shape index (κ3) is 3.98. The van der Waals surface area contributed by atoms with Crippen LogP contribution in [0.4, 0.5) is 4.79 Å². The zero-order valence-electron chi connectivity index (χ0n) is 14.7. The van der Waals surface area contributed by atoms with Gasteiger partial charge in [-0.1, -0.05) is 0 Å². The first kappa shape index (κ1) is 19.4. The molecule has 1 aliphatic heterocycles. The van der Waals surface area contributed by atoms with Gasteiger partial charge < -0.3 is 38.8 Å². The molecular weight excluding hydrogens is 322 g/mol. The summed E-state index contributed by atoms with van der Waals surface area (Å²) in [5, 5.41) is 12.5. The van der Waals surface area contributed by atoms with E-state index in [1.54, 1.807) is 20.8 Å². The van der Waals surface area contributed by atoms with Crippen LogP contribution in [0.2, 0.25) is 0 Å². The first-order chi connectivity index (χ1) is 11.3. The van der Waals surface area contributed by atoms with E-state index in [4.69, 9.17) is 28.4 Å². The van der Waals surface area contributed by atoms with E-state index >= 15 is 0 Å². The molecule has 1 aliphatic carbocycles. The third-order valence-electron chi connectivity index (χ3n) is 3.92. The van der Waals surface area contributed by atoms with Gasteiger partial charge in [0.2, 0.25) is 0 Å². The maximum absolute atomic E-state index is 12.2. The summed E-state index contributed by atoms with van der Waals surface area (Å²) in [4.78, 5) is 12.2. The number of epoxide rings is 1. The molecule has 0 aromatic heterocycles. The minimum Gasteiger partial charge on any atom is -0.444 e. The van der Waals surface area contributed by atoms with Gasteiger partial charge in [-0.2, -0.15) is 0 Å². The van der Waals surface area contributed by atoms with Crippen LogP contribution in [-0.4, -0.2) is 81.2 Å². The number of hydrogen-bond donors (Lipinski definition) is 2. The van der Waals surface area contributed by atoms with Crippen molar-refractivity contribution in [2.75, 3.05) is 34.4 Å². The molecule has 9 nitrogen and oxygen atoms in total. The molecule has 1 amide bonds. The van der Waals surface area contributed by atoms with Crippen LogP contribution in [-0.2, 0) is 28.4 Å². The van der Waals surface area contributed by atoms with Crippen molar-refractivity contribution in [2.24, 2.45) is 0 Å². The van der Waals surface area contributed by atoms with Gasteiger partial charge in [0.25, 0.3) is 0 Å². The normalized spacial score (nSPS) is 34.8. The highest BCUT2D eigenvalue weighted by Gasteiger charge is 2.75. The predicted molar refractivity (Wildman–Crippen MR) is 81.3 cm³/mol. The maximum atomic E-state index is 12.2. The molecule has 2 N–H and O–H groups in total. The van der Waals surface area contributed by atoms with E-state index in [-0.39, 0.29) is 20.2 Å². The second-order valence-corrected chi connectivity index (χ2v) is 6.85. The number of ether oxygens (including phenoxy) is 6. The summed E-state index contributed by atoms with van der Waals surface area (Å²) in [6.07, 6.45) is -2.10. The lowest BCUT2D eigenvalue weighted by atomic mass is 10.0. The number of hydrogen-bond acceptors (Lipinski definition) is 8. The number of fused-ring (bicyclic) bond motifs is 1. The quantitative estimate of drug-likeness (QED) is 0.466. The van der Waals surface area contributed by atoms with Crippen LogP contribution in [0.25, 0.3) is 0 Å². The molecule has 0 radical (unpaired) electrons. The molecule has 2 rings (SSSR count). The van der Waals surface area contributed by atoms with E-state index in [1.165, 1.54) is 14.2 Å². The van der Waals surface area contributed by atoms with E-state index in [0.29, 0.717) is 0 Å². The highest BCUT2D eigenvalue weighted by atomic mass is 16.7. The van der Waals surface area contributed by atoms with E-state index in [1.807, 2.05) is 0 Å². The summed E-state index contributed by atoms with van der Waals surface area (Å²) in [6, 6.07) is -0.639. The van der Waals surface area contributed by atoms with Gasteiger partial charge in [0, 0.05) is 14.2 Å². The summed E-state index contributed by atoms with van der Waals surface area (Å²) in [6.45, 7) is 5.07. The first-order valence-corrected chi connectivity index (χ1v) is 7.78. The Labute approximate surface area is 141 Å². The van der Waals surface area contributed by atoms with Crippen LogP contribution in [0, 0.1) is 0 Å². The van der Waals surface area contributed by atoms with Crippen molar-refractivity contribution in [3.8, 4) is 0 Å². The Kier molecular flexibility index (Phi) is 6.05. The van der Waals surface area contributed by atoms with Crippen molar-refractivity contribution in [3.63, 3.8) is 0 Å². The summed E-state index contributed by atoms with van der Waals surface area (Å²) in [7, 11) is 3.00. The number of methoxy groups -OCH3 is 2. The molecule has 9 heteroatoms. The van der Waals surface area contributed by atoms with Crippen molar-refractivity contribution < 1.29 is 38.3 Å². The fourth-order valence-corrected chi connectivity index (χ4v) is 2.97. The summed E-state index contributed by atoms with van der Waals surface area (Å²) in [5.41, 5.74) is -1.60. The summed E-state index contributed by atoms with van der Waals surface area (Å²) < 4.78 is 32.1. The van der Waals surface area contributed by atoms with Crippen molar-refractivity contribution >= 4 is 6.09 Å². The molecular formula is C15H27NO8. The average Bonchev–Trinajstić information content (AvgIpc) is 3.17. The van der Waals surface area contributed by atoms with E-state index in [9.17, 15) is 9.90 Å². The number of aliphatic hydroxyl groups excluding tert-OH is 1. The lowest BCUT2D eigenvalue weighted by Gasteiger charge is -2.31. The van der Waals surface area contributed by atoms with E-state index < -0.39 is 41.6 Å². The molecule has 140 valence electrons. The molecule has 5 atom stereocenters. The Morgan fingerprint density at radius 1 is 1.17 bits per heavy atom. The van der Waals surface area contributed by atoms with Crippen molar-refractivity contribution in [1.29, 1.82) is 0 Å². The molecule has 0 unspecified atom stereocenters. The van der Waals surface area contributed by atoms with Gasteiger partial charge in [-0.25, -0.2) is 4.79 Å². The first-order valence-electron chi connectivity index (χ1n) is 7.78. The zero-order chi connectivity index (χ0) is 18.0. The number of alkyl carbamates (subject to hydrolysis) is 1. The fraction of sp³-hybridized carbons (Fsp3) is 0.933. The van der Waals surface area contributed by atoms with Crippen LogP contribution in [0.5, 0.6) is 0 Å². The Morgan fingerprint density at radius 3 is 2.25 bits per heavy atom. The van der Waals surface area contributed by atoms with Crippen molar-refractivity contribution in [3.05, 3.63) is 0 Å². The summed E-state index contributed by atoms with van der Waals surface area (Å²) >= 11 is 0. The Hall–Kier alpha value is -0.970. The molecule has 0 aromatic rings. The van der Waals surface area contributed by atoms with Gasteiger partial charge in [0.15, 0.2) is 0 Å². The van der Waals surface area contributed by atoms with Gasteiger partial charge in [0.05, 0.1) is 12.6 Å². The highest BCUT2D eigenvalue weighted by Crippen LogP contribution is 2.52. The van der Waals surface area contributed by atoms with Crippen LogP contribution in [0.1, 0.15) is 20.8 Å². The van der Waals surface area contributed by atoms with Crippen LogP contribution >= 0.6 is 0 Å². The molecule has 0 spiro atoms. The second kappa shape index (κ2) is 7.51. The molecule has 2 fully saturated rings. The van der Waals surface area contributed by atoms with Gasteiger partial charge in [-0.15, -0.1) is 0 Å². The Morgan fingerprint density at radius 2 is 1.75 bits per heavy atom. The second-order valence-electron chi connectivity index (χ2n) is 6.85. The number of nitrogens with one attached hydrogen (secondary N) is 1. The lowest BCUT2D eigenvalue weighted by molar-refractivity contribution is -0.170. The number of rotatable bonds is 8. The van der Waals surface area contributed by atoms with E-state index in [2.05, 4.69) is 5.32 Å². The smallest absolute Gasteiger partial charge is 0.408 e. The molecule has 0 aromatic carbocycles. The minimum atomic E-state index is -0.951. The van der Waals surface area contributed by atoms with Crippen LogP contribution in [0.3, 0.4) is 0 Å². The average molecular weight is 349 g/mol. The minimum absolute atomic E-state index is 0.0121. The van der Waals surface area contributed by atoms with Gasteiger partial charge in [-0.05, 0) is 20.8 Å². The van der Waals surface area contributed by atoms with Crippen molar-refractivity contribution in [1.82, 2.24) is 5.32 Å². The monoisotopic (exact) mass is 349 g/mol. The number of aliphatic hydroxyl groups is 1. The SMILES string of the molecule is COCO[C@@H]1[C@@H](OCOC)[C@H]2O[C@@]2(CO)[C@@H]1NC(=O)OC(C)(C)C. The summed E-state index contributed by atoms with van der Waals surface area (Å²) in [5.74, 6) is 0. The fourth-order valence-electron chi connectivity index (χ4n) is 2.97. The third-order valence-corrected chi connectivity index (χ3v) is 3.92. The Balaban J connectivity index is 2.12. The van der Waals surface area contributed by atoms with Gasteiger partial charge in [0.1, 0.15) is 43.1 Å². The molecule has 1 saturated heterocycles. The maximum Gasteiger partial charge on any atom is 0.408 e. The highest BCUT2D eigenvalue weighted by molar-refractivity contribution is 5.69. The largest absolute Gasteiger partial charge is 0.444 e. The molecule has 0 bridgehead atoms. The van der Waals surface area contributed by atoms with Gasteiger partial charge >= 0.3 is 6.09 Å². The molecule has 24 heavy (non-hydrogen) atoms. The molecule has 1 heterocycles. The van der Waals surface area contributed by atoms with E-state index in [0.717, 1.165) is 0 Å². The topological polar surface area (TPSA) is 108 Å². The predicted octanol–water partition coefficient (Wildman–Crippen LogP) is 0.00140. The lowest BCUT2D eigenvalue weighted by Crippen LogP contribution is -2.55. The number of carbonyl (C=O) groups is 1. The molecule has 1 saturated carbocycles. The van der Waals surface area contributed by atoms with Crippen molar-refractivity contribution in [2.45, 2.75) is 56.3 Å². The molecule has 2 aliphatic rings. The zero-order valence-corrected chi connectivity index (χ0v) is 14.7.